The Morgan fingerprint density at radius 1 is 1.43 bits per heavy atom. The SMILES string of the molecule is CNCc1cc(S(=O)(=O)NC(C)c2ncc(C)s2)c(C)o1. The number of thiazole rings is 1. The molecule has 0 saturated heterocycles. The van der Waals surface area contributed by atoms with E-state index in [1.54, 1.807) is 33.2 Å². The predicted molar refractivity (Wildman–Crippen MR) is 81.8 cm³/mol. The van der Waals surface area contributed by atoms with Crippen molar-refractivity contribution >= 4 is 21.4 Å². The second-order valence-corrected chi connectivity index (χ2v) is 7.76. The van der Waals surface area contributed by atoms with E-state index < -0.39 is 10.0 Å². The lowest BCUT2D eigenvalue weighted by Gasteiger charge is -2.11. The van der Waals surface area contributed by atoms with E-state index in [-0.39, 0.29) is 10.9 Å². The van der Waals surface area contributed by atoms with E-state index in [1.807, 2.05) is 6.92 Å². The second-order valence-electron chi connectivity index (χ2n) is 4.82. The van der Waals surface area contributed by atoms with Gasteiger partial charge in [0.25, 0.3) is 0 Å². The van der Waals surface area contributed by atoms with Crippen LogP contribution in [-0.2, 0) is 16.6 Å². The van der Waals surface area contributed by atoms with Gasteiger partial charge in [-0.3, -0.25) is 0 Å². The van der Waals surface area contributed by atoms with Crippen molar-refractivity contribution in [2.75, 3.05) is 7.05 Å². The second kappa shape index (κ2) is 6.27. The first-order valence-corrected chi connectivity index (χ1v) is 8.82. The standard InChI is InChI=1S/C13H19N3O3S2/c1-8-6-15-13(20-8)9(2)16-21(17,18)12-5-11(7-14-4)19-10(12)3/h5-6,9,14,16H,7H2,1-4H3. The quantitative estimate of drug-likeness (QED) is 0.848. The molecule has 8 heteroatoms. The highest BCUT2D eigenvalue weighted by atomic mass is 32.2. The molecule has 0 saturated carbocycles. The summed E-state index contributed by atoms with van der Waals surface area (Å²) in [6, 6.07) is 1.17. The monoisotopic (exact) mass is 329 g/mol. The molecular formula is C13H19N3O3S2. The first kappa shape index (κ1) is 16.2. The number of aryl methyl sites for hydroxylation is 2. The molecule has 0 aliphatic carbocycles. The predicted octanol–water partition coefficient (Wildman–Crippen LogP) is 2.11. The lowest BCUT2D eigenvalue weighted by Crippen LogP contribution is -2.27. The van der Waals surface area contributed by atoms with Gasteiger partial charge in [0.15, 0.2) is 0 Å². The summed E-state index contributed by atoms with van der Waals surface area (Å²) in [5, 5.41) is 3.67. The molecule has 0 amide bonds. The van der Waals surface area contributed by atoms with Crippen molar-refractivity contribution in [2.24, 2.45) is 0 Å². The summed E-state index contributed by atoms with van der Waals surface area (Å²) in [7, 11) is -1.86. The van der Waals surface area contributed by atoms with E-state index in [1.165, 1.54) is 11.3 Å². The Kier molecular flexibility index (Phi) is 4.82. The Bertz CT molecular complexity index is 719. The third kappa shape index (κ3) is 3.70. The number of sulfonamides is 1. The Morgan fingerprint density at radius 2 is 2.14 bits per heavy atom. The van der Waals surface area contributed by atoms with Crippen LogP contribution in [0.25, 0.3) is 0 Å². The molecule has 0 radical (unpaired) electrons. The van der Waals surface area contributed by atoms with Gasteiger partial charge in [-0.25, -0.2) is 18.1 Å². The summed E-state index contributed by atoms with van der Waals surface area (Å²) >= 11 is 1.48. The van der Waals surface area contributed by atoms with Crippen LogP contribution in [0.15, 0.2) is 21.6 Å². The van der Waals surface area contributed by atoms with E-state index >= 15 is 0 Å². The summed E-state index contributed by atoms with van der Waals surface area (Å²) in [5.74, 6) is 0.975. The van der Waals surface area contributed by atoms with Crippen molar-refractivity contribution in [1.29, 1.82) is 0 Å². The fourth-order valence-corrected chi connectivity index (χ4v) is 4.23. The van der Waals surface area contributed by atoms with Crippen molar-refractivity contribution in [2.45, 2.75) is 38.3 Å². The Balaban J connectivity index is 2.22. The molecule has 21 heavy (non-hydrogen) atoms. The molecular weight excluding hydrogens is 310 g/mol. The Morgan fingerprint density at radius 3 is 2.71 bits per heavy atom. The van der Waals surface area contributed by atoms with Gasteiger partial charge in [-0.1, -0.05) is 0 Å². The molecule has 2 aromatic rings. The van der Waals surface area contributed by atoms with Crippen LogP contribution in [0, 0.1) is 13.8 Å². The lowest BCUT2D eigenvalue weighted by atomic mass is 10.4. The van der Waals surface area contributed by atoms with Gasteiger partial charge in [0.1, 0.15) is 21.4 Å². The van der Waals surface area contributed by atoms with Crippen LogP contribution in [0.4, 0.5) is 0 Å². The Hall–Kier alpha value is -1.22. The number of aromatic nitrogens is 1. The molecule has 0 fully saturated rings. The zero-order chi connectivity index (χ0) is 15.6. The normalized spacial score (nSPS) is 13.5. The summed E-state index contributed by atoms with van der Waals surface area (Å²) in [6.45, 7) is 5.84. The third-order valence-electron chi connectivity index (χ3n) is 2.91. The molecule has 1 atom stereocenters. The molecule has 116 valence electrons. The zero-order valence-corrected chi connectivity index (χ0v) is 14.1. The highest BCUT2D eigenvalue weighted by Crippen LogP contribution is 2.24. The van der Waals surface area contributed by atoms with Crippen molar-refractivity contribution in [3.8, 4) is 0 Å². The average Bonchev–Trinajstić information content (AvgIpc) is 2.96. The molecule has 6 nitrogen and oxygen atoms in total. The van der Waals surface area contributed by atoms with E-state index in [0.717, 1.165) is 9.88 Å². The van der Waals surface area contributed by atoms with Crippen molar-refractivity contribution < 1.29 is 12.8 Å². The van der Waals surface area contributed by atoms with E-state index in [2.05, 4.69) is 15.0 Å². The fraction of sp³-hybridized carbons (Fsp3) is 0.462. The topological polar surface area (TPSA) is 84.2 Å². The largest absolute Gasteiger partial charge is 0.464 e. The number of rotatable bonds is 6. The van der Waals surface area contributed by atoms with Crippen LogP contribution in [0.2, 0.25) is 0 Å². The Labute approximate surface area is 128 Å². The fourth-order valence-electron chi connectivity index (χ4n) is 1.97. The molecule has 1 unspecified atom stereocenters. The van der Waals surface area contributed by atoms with Crippen LogP contribution in [0.5, 0.6) is 0 Å². The molecule has 0 aliphatic heterocycles. The van der Waals surface area contributed by atoms with Gasteiger partial charge in [0.05, 0.1) is 12.6 Å². The van der Waals surface area contributed by atoms with Crippen LogP contribution < -0.4 is 10.0 Å². The maximum Gasteiger partial charge on any atom is 0.244 e. The third-order valence-corrected chi connectivity index (χ3v) is 5.65. The molecule has 0 bridgehead atoms. The van der Waals surface area contributed by atoms with Crippen LogP contribution >= 0.6 is 11.3 Å². The van der Waals surface area contributed by atoms with Crippen LogP contribution in [0.1, 0.15) is 34.4 Å². The van der Waals surface area contributed by atoms with E-state index in [9.17, 15) is 8.42 Å². The first-order chi connectivity index (χ1) is 9.83. The zero-order valence-electron chi connectivity index (χ0n) is 12.4. The van der Waals surface area contributed by atoms with E-state index in [4.69, 9.17) is 4.42 Å². The van der Waals surface area contributed by atoms with Gasteiger partial charge >= 0.3 is 0 Å². The minimum Gasteiger partial charge on any atom is -0.464 e. The van der Waals surface area contributed by atoms with Gasteiger partial charge in [0, 0.05) is 17.1 Å². The molecule has 0 spiro atoms. The highest BCUT2D eigenvalue weighted by Gasteiger charge is 2.24. The van der Waals surface area contributed by atoms with E-state index in [0.29, 0.717) is 18.1 Å². The van der Waals surface area contributed by atoms with Crippen LogP contribution in [-0.4, -0.2) is 20.4 Å². The van der Waals surface area contributed by atoms with Gasteiger partial charge in [-0.2, -0.15) is 0 Å². The van der Waals surface area contributed by atoms with Crippen molar-refractivity contribution in [3.63, 3.8) is 0 Å². The van der Waals surface area contributed by atoms with Crippen molar-refractivity contribution in [3.05, 3.63) is 33.7 Å². The number of furan rings is 1. The maximum atomic E-state index is 12.4. The minimum absolute atomic E-state index is 0.174. The highest BCUT2D eigenvalue weighted by molar-refractivity contribution is 7.89. The number of hydrogen-bond donors (Lipinski definition) is 2. The number of nitrogens with one attached hydrogen (secondary N) is 2. The summed E-state index contributed by atoms with van der Waals surface area (Å²) in [5.41, 5.74) is 0. The molecule has 0 aromatic carbocycles. The lowest BCUT2D eigenvalue weighted by molar-refractivity contribution is 0.465. The molecule has 2 aromatic heterocycles. The first-order valence-electron chi connectivity index (χ1n) is 6.52. The summed E-state index contributed by atoms with van der Waals surface area (Å²) in [4.78, 5) is 5.43. The molecule has 2 N–H and O–H groups in total. The molecule has 0 aliphatic rings. The van der Waals surface area contributed by atoms with Crippen LogP contribution in [0.3, 0.4) is 0 Å². The molecule has 2 heterocycles. The average molecular weight is 329 g/mol. The smallest absolute Gasteiger partial charge is 0.244 e. The van der Waals surface area contributed by atoms with Gasteiger partial charge < -0.3 is 9.73 Å². The number of hydrogen-bond acceptors (Lipinski definition) is 6. The van der Waals surface area contributed by atoms with Gasteiger partial charge in [-0.05, 0) is 27.8 Å². The van der Waals surface area contributed by atoms with Gasteiger partial charge in [0.2, 0.25) is 10.0 Å². The summed E-state index contributed by atoms with van der Waals surface area (Å²) < 4.78 is 33.0. The summed E-state index contributed by atoms with van der Waals surface area (Å²) in [6.07, 6.45) is 1.74. The van der Waals surface area contributed by atoms with Crippen molar-refractivity contribution in [1.82, 2.24) is 15.0 Å². The number of nitrogens with zero attached hydrogens (tertiary/aromatic N) is 1. The maximum absolute atomic E-state index is 12.4. The molecule has 2 rings (SSSR count). The van der Waals surface area contributed by atoms with Gasteiger partial charge in [-0.15, -0.1) is 11.3 Å². The minimum atomic E-state index is -3.63.